The second kappa shape index (κ2) is 4.83. The number of hydrogen-bond acceptors (Lipinski definition) is 3. The molecule has 88 valence electrons. The van der Waals surface area contributed by atoms with E-state index in [1.807, 2.05) is 6.20 Å². The highest BCUT2D eigenvalue weighted by Crippen LogP contribution is 2.39. The minimum absolute atomic E-state index is 0.00867. The van der Waals surface area contributed by atoms with Gasteiger partial charge in [-0.3, -0.25) is 4.79 Å². The van der Waals surface area contributed by atoms with Crippen molar-refractivity contribution in [1.82, 2.24) is 9.55 Å². The molecule has 1 atom stereocenters. The summed E-state index contributed by atoms with van der Waals surface area (Å²) in [4.78, 5) is 16.2. The summed E-state index contributed by atoms with van der Waals surface area (Å²) in [5.74, 6) is 0.593. The third kappa shape index (κ3) is 2.45. The van der Waals surface area contributed by atoms with Crippen LogP contribution in [0.5, 0.6) is 0 Å². The molecule has 1 saturated carbocycles. The van der Waals surface area contributed by atoms with Crippen molar-refractivity contribution in [3.63, 3.8) is 0 Å². The van der Waals surface area contributed by atoms with Gasteiger partial charge in [-0.25, -0.2) is 4.98 Å². The Morgan fingerprint density at radius 2 is 2.38 bits per heavy atom. The molecular formula is C11H15IN2O2. The van der Waals surface area contributed by atoms with Crippen molar-refractivity contribution in [1.29, 1.82) is 0 Å². The second-order valence-corrected chi connectivity index (χ2v) is 5.33. The molecule has 0 aliphatic heterocycles. The molecule has 0 N–H and O–H groups in total. The molecule has 0 radical (unpaired) electrons. The van der Waals surface area contributed by atoms with Gasteiger partial charge in [0.15, 0.2) is 0 Å². The Morgan fingerprint density at radius 3 is 2.94 bits per heavy atom. The van der Waals surface area contributed by atoms with Gasteiger partial charge in [-0.1, -0.05) is 0 Å². The molecule has 0 saturated heterocycles. The van der Waals surface area contributed by atoms with Crippen molar-refractivity contribution in [2.75, 3.05) is 13.7 Å². The summed E-state index contributed by atoms with van der Waals surface area (Å²) in [6.07, 6.45) is 4.22. The lowest BCUT2D eigenvalue weighted by molar-refractivity contribution is 0.143. The SMILES string of the molecule is COC[C@H](C1CC1)n1cc(I)nc(C)c1=O. The molecule has 1 aliphatic rings. The molecule has 4 nitrogen and oxygen atoms in total. The smallest absolute Gasteiger partial charge is 0.272 e. The van der Waals surface area contributed by atoms with Crippen molar-refractivity contribution in [2.45, 2.75) is 25.8 Å². The first-order chi connectivity index (χ1) is 7.63. The van der Waals surface area contributed by atoms with Crippen LogP contribution in [0.4, 0.5) is 0 Å². The van der Waals surface area contributed by atoms with Crippen LogP contribution < -0.4 is 5.56 Å². The number of aryl methyl sites for hydroxylation is 1. The molecule has 16 heavy (non-hydrogen) atoms. The van der Waals surface area contributed by atoms with E-state index in [-0.39, 0.29) is 11.6 Å². The monoisotopic (exact) mass is 334 g/mol. The second-order valence-electron chi connectivity index (χ2n) is 4.22. The Hall–Kier alpha value is -0.430. The van der Waals surface area contributed by atoms with Crippen LogP contribution in [0, 0.1) is 16.5 Å². The van der Waals surface area contributed by atoms with Crippen molar-refractivity contribution in [3.05, 3.63) is 25.9 Å². The molecule has 2 rings (SSSR count). The topological polar surface area (TPSA) is 44.1 Å². The maximum absolute atomic E-state index is 12.0. The number of halogens is 1. The number of aromatic nitrogens is 2. The fourth-order valence-electron chi connectivity index (χ4n) is 1.94. The largest absolute Gasteiger partial charge is 0.383 e. The van der Waals surface area contributed by atoms with Gasteiger partial charge in [0.25, 0.3) is 5.56 Å². The van der Waals surface area contributed by atoms with Gasteiger partial charge < -0.3 is 9.30 Å². The lowest BCUT2D eigenvalue weighted by atomic mass is 10.2. The Bertz CT molecular complexity index is 440. The first-order valence-electron chi connectivity index (χ1n) is 5.37. The van der Waals surface area contributed by atoms with E-state index in [2.05, 4.69) is 27.6 Å². The Kier molecular flexibility index (Phi) is 3.63. The van der Waals surface area contributed by atoms with Crippen molar-refractivity contribution in [2.24, 2.45) is 5.92 Å². The summed E-state index contributed by atoms with van der Waals surface area (Å²) in [7, 11) is 1.68. The van der Waals surface area contributed by atoms with Crippen molar-refractivity contribution < 1.29 is 4.74 Å². The van der Waals surface area contributed by atoms with E-state index in [0.29, 0.717) is 18.2 Å². The summed E-state index contributed by atoms with van der Waals surface area (Å²) in [6.45, 7) is 2.36. The van der Waals surface area contributed by atoms with Gasteiger partial charge in [-0.2, -0.15) is 0 Å². The molecule has 0 spiro atoms. The number of methoxy groups -OCH3 is 1. The lowest BCUT2D eigenvalue weighted by Crippen LogP contribution is -2.31. The predicted octanol–water partition coefficient (Wildman–Crippen LogP) is 1.75. The quantitative estimate of drug-likeness (QED) is 0.788. The Balaban J connectivity index is 2.39. The predicted molar refractivity (Wildman–Crippen MR) is 69.6 cm³/mol. The van der Waals surface area contributed by atoms with E-state index in [0.717, 1.165) is 3.70 Å². The first kappa shape index (κ1) is 12.0. The van der Waals surface area contributed by atoms with E-state index < -0.39 is 0 Å². The molecule has 1 aromatic rings. The van der Waals surface area contributed by atoms with Crippen LogP contribution in [0.1, 0.15) is 24.6 Å². The van der Waals surface area contributed by atoms with Gasteiger partial charge in [0.1, 0.15) is 9.39 Å². The summed E-state index contributed by atoms with van der Waals surface area (Å²) in [5.41, 5.74) is 0.572. The molecule has 0 bridgehead atoms. The molecule has 0 amide bonds. The minimum atomic E-state index is 0.00867. The van der Waals surface area contributed by atoms with E-state index in [9.17, 15) is 4.79 Å². The molecule has 5 heteroatoms. The average Bonchev–Trinajstić information content (AvgIpc) is 3.04. The van der Waals surface area contributed by atoms with Gasteiger partial charge in [0.05, 0.1) is 12.6 Å². The third-order valence-electron chi connectivity index (χ3n) is 2.93. The van der Waals surface area contributed by atoms with Crippen LogP contribution in [0.3, 0.4) is 0 Å². The number of nitrogens with zero attached hydrogens (tertiary/aromatic N) is 2. The Morgan fingerprint density at radius 1 is 1.69 bits per heavy atom. The van der Waals surface area contributed by atoms with Gasteiger partial charge in [0, 0.05) is 13.3 Å². The molecule has 1 aromatic heterocycles. The van der Waals surface area contributed by atoms with Crippen LogP contribution in [0.25, 0.3) is 0 Å². The summed E-state index contributed by atoms with van der Waals surface area (Å²) in [6, 6.07) is 0.174. The van der Waals surface area contributed by atoms with Crippen LogP contribution >= 0.6 is 22.6 Å². The van der Waals surface area contributed by atoms with Crippen LogP contribution in [0.2, 0.25) is 0 Å². The lowest BCUT2D eigenvalue weighted by Gasteiger charge is -2.19. The highest BCUT2D eigenvalue weighted by molar-refractivity contribution is 14.1. The summed E-state index contributed by atoms with van der Waals surface area (Å²) >= 11 is 2.14. The van der Waals surface area contributed by atoms with Crippen LogP contribution in [0.15, 0.2) is 11.0 Å². The van der Waals surface area contributed by atoms with E-state index >= 15 is 0 Å². The van der Waals surface area contributed by atoms with E-state index in [4.69, 9.17) is 4.74 Å². The van der Waals surface area contributed by atoms with Gasteiger partial charge >= 0.3 is 0 Å². The van der Waals surface area contributed by atoms with Gasteiger partial charge in [-0.15, -0.1) is 0 Å². The van der Waals surface area contributed by atoms with Crippen LogP contribution in [-0.4, -0.2) is 23.3 Å². The zero-order valence-corrected chi connectivity index (χ0v) is 11.6. The van der Waals surface area contributed by atoms with E-state index in [1.54, 1.807) is 18.6 Å². The van der Waals surface area contributed by atoms with Crippen molar-refractivity contribution in [3.8, 4) is 0 Å². The highest BCUT2D eigenvalue weighted by atomic mass is 127. The van der Waals surface area contributed by atoms with Gasteiger partial charge in [0.2, 0.25) is 0 Å². The molecule has 1 aliphatic carbocycles. The maximum atomic E-state index is 12.0. The fraction of sp³-hybridized carbons (Fsp3) is 0.636. The third-order valence-corrected chi connectivity index (χ3v) is 3.44. The molecule has 0 aromatic carbocycles. The van der Waals surface area contributed by atoms with Gasteiger partial charge in [-0.05, 0) is 48.3 Å². The molecule has 1 heterocycles. The van der Waals surface area contributed by atoms with E-state index in [1.165, 1.54) is 12.8 Å². The fourth-order valence-corrected chi connectivity index (χ4v) is 2.60. The summed E-state index contributed by atoms with van der Waals surface area (Å²) < 4.78 is 7.87. The minimum Gasteiger partial charge on any atom is -0.383 e. The highest BCUT2D eigenvalue weighted by Gasteiger charge is 2.33. The van der Waals surface area contributed by atoms with Crippen molar-refractivity contribution >= 4 is 22.6 Å². The number of hydrogen-bond donors (Lipinski definition) is 0. The standard InChI is InChI=1S/C11H15IN2O2/c1-7-11(15)14(5-10(12)13-7)9(6-16-2)8-3-4-8/h5,8-9H,3-4,6H2,1-2H3/t9-/m1/s1. The number of rotatable bonds is 4. The average molecular weight is 334 g/mol. The Labute approximate surface area is 108 Å². The first-order valence-corrected chi connectivity index (χ1v) is 6.45. The normalized spacial score (nSPS) is 17.4. The van der Waals surface area contributed by atoms with Crippen LogP contribution in [-0.2, 0) is 4.74 Å². The zero-order valence-electron chi connectivity index (χ0n) is 9.44. The summed E-state index contributed by atoms with van der Waals surface area (Å²) in [5, 5.41) is 0. The molecule has 0 unspecified atom stereocenters. The number of ether oxygens (including phenoxy) is 1. The molecular weight excluding hydrogens is 319 g/mol. The zero-order chi connectivity index (χ0) is 11.7. The molecule has 1 fully saturated rings. The maximum Gasteiger partial charge on any atom is 0.272 e.